The molecule has 0 amide bonds. The summed E-state index contributed by atoms with van der Waals surface area (Å²) in [6.07, 6.45) is 3.70. The van der Waals surface area contributed by atoms with E-state index in [0.717, 1.165) is 0 Å². The molecular weight excluding hydrogens is 422 g/mol. The van der Waals surface area contributed by atoms with Crippen molar-refractivity contribution in [3.63, 3.8) is 0 Å². The van der Waals surface area contributed by atoms with E-state index in [1.54, 1.807) is 0 Å². The number of unbranched alkanes of at least 4 members (excludes halogenated alkanes) is 2. The van der Waals surface area contributed by atoms with E-state index in [4.69, 9.17) is 0 Å². The first kappa shape index (κ1) is 14.6. The van der Waals surface area contributed by atoms with Crippen molar-refractivity contribution >= 4 is 0 Å². The number of halogens is 2. The average Bonchev–Trinajstić information content (AvgIpc) is 2.08. The second-order valence-corrected chi connectivity index (χ2v) is 5.23. The molecule has 0 aromatic heterocycles. The molecule has 0 aliphatic rings. The normalized spacial score (nSPS) is 10.1. The van der Waals surface area contributed by atoms with Crippen molar-refractivity contribution in [3.8, 4) is 12.0 Å². The summed E-state index contributed by atoms with van der Waals surface area (Å²) in [6.45, 7) is 0.169. The van der Waals surface area contributed by atoms with Crippen molar-refractivity contribution in [2.24, 2.45) is 0 Å². The van der Waals surface area contributed by atoms with Crippen LogP contribution < -0.4 is 55.9 Å². The molecule has 0 aliphatic carbocycles. The van der Waals surface area contributed by atoms with Crippen molar-refractivity contribution in [1.29, 1.82) is 0 Å². The van der Waals surface area contributed by atoms with Crippen LogP contribution in [0.15, 0.2) is 0 Å². The highest BCUT2D eigenvalue weighted by Crippen LogP contribution is 1.91. The van der Waals surface area contributed by atoms with Gasteiger partial charge in [0.2, 0.25) is 6.11 Å². The Hall–Kier alpha value is 0.620. The van der Waals surface area contributed by atoms with Crippen molar-refractivity contribution in [2.45, 2.75) is 19.3 Å². The Morgan fingerprint density at radius 3 is 2.29 bits per heavy atom. The summed E-state index contributed by atoms with van der Waals surface area (Å²) in [5, 5.41) is 0. The van der Waals surface area contributed by atoms with Crippen LogP contribution in [-0.4, -0.2) is 6.61 Å². The van der Waals surface area contributed by atoms with Gasteiger partial charge in [-0.25, -0.2) is 0 Å². The monoisotopic (exact) mass is 430 g/mol. The molecule has 0 fully saturated rings. The molecule has 6 nitrogen and oxygen atoms in total. The molecule has 0 radical (unpaired) electrons. The van der Waals surface area contributed by atoms with E-state index in [2.05, 4.69) is 12.1 Å². The Balaban J connectivity index is 3.15. The van der Waals surface area contributed by atoms with Crippen molar-refractivity contribution in [3.05, 3.63) is 0 Å². The lowest BCUT2D eigenvalue weighted by atomic mass is 10.2. The van der Waals surface area contributed by atoms with Gasteiger partial charge < -0.3 is 13.7 Å². The molecule has 0 aromatic carbocycles. The van der Waals surface area contributed by atoms with E-state index in [1.165, 1.54) is 0 Å². The van der Waals surface area contributed by atoms with E-state index >= 15 is 0 Å². The maximum absolute atomic E-state index is 10.0. The maximum atomic E-state index is 10.0. The van der Waals surface area contributed by atoms with Crippen LogP contribution in [0.3, 0.4) is 0 Å². The van der Waals surface area contributed by atoms with Gasteiger partial charge in [-0.15, -0.1) is 0 Å². The quantitative estimate of drug-likeness (QED) is 0.235. The van der Waals surface area contributed by atoms with E-state index in [9.17, 15) is 13.7 Å². The molecule has 14 heavy (non-hydrogen) atoms. The summed E-state index contributed by atoms with van der Waals surface area (Å²) in [4.78, 5) is 0. The zero-order valence-electron chi connectivity index (χ0n) is 7.03. The molecule has 82 valence electrons. The fraction of sp³-hybridized carbons (Fsp3) is 0.667. The van der Waals surface area contributed by atoms with E-state index in [0.29, 0.717) is 19.3 Å². The Morgan fingerprint density at radius 2 is 1.71 bits per heavy atom. The van der Waals surface area contributed by atoms with Gasteiger partial charge in [0.15, 0.2) is 0 Å². The number of rotatable bonds is 6. The minimum atomic E-state index is -3.67. The molecule has 0 heterocycles. The smallest absolute Gasteiger partial charge is 0.396 e. The fourth-order valence-corrected chi connectivity index (χ4v) is 1.55. The van der Waals surface area contributed by atoms with Crippen LogP contribution >= 0.6 is 0 Å². The van der Waals surface area contributed by atoms with Gasteiger partial charge in [0, 0.05) is 6.42 Å². The summed E-state index contributed by atoms with van der Waals surface area (Å²) < 4.78 is 48.3. The first-order chi connectivity index (χ1) is 6.63. The maximum Gasteiger partial charge on any atom is 0.583 e. The molecule has 0 N–H and O–H groups in total. The molecular formula is C6H8I2O6. The Morgan fingerprint density at radius 1 is 1.00 bits per heavy atom. The zero-order valence-corrected chi connectivity index (χ0v) is 11.3. The standard InChI is InChI=1S/C6H8I2O6/c9-7(10)13-5-3-1-2-4-6-14-8(11)12/h1-3,5H2. The lowest BCUT2D eigenvalue weighted by Crippen LogP contribution is -3.99. The largest absolute Gasteiger partial charge is 0.583 e. The summed E-state index contributed by atoms with van der Waals surface area (Å²) in [5.41, 5.74) is 0. The number of hydrogen-bond acceptors (Lipinski definition) is 6. The third-order valence-corrected chi connectivity index (χ3v) is 2.56. The van der Waals surface area contributed by atoms with E-state index in [1.807, 2.05) is 6.11 Å². The Bertz CT molecular complexity index is 186. The van der Waals surface area contributed by atoms with Crippen LogP contribution in [-0.2, 0) is 6.13 Å². The highest BCUT2D eigenvalue weighted by molar-refractivity contribution is 4.89. The van der Waals surface area contributed by atoms with Crippen molar-refractivity contribution < 1.29 is 62.0 Å². The third kappa shape index (κ3) is 12.6. The van der Waals surface area contributed by atoms with Crippen molar-refractivity contribution in [2.75, 3.05) is 6.61 Å². The SMILES string of the molecule is [O-][I+2]([O-])OC#CCCCCO[I+2]([O-])[O-]. The molecule has 0 aromatic rings. The second kappa shape index (κ2) is 10.1. The molecule has 0 aliphatic heterocycles. The van der Waals surface area contributed by atoms with Gasteiger partial charge >= 0.3 is 42.1 Å². The second-order valence-electron chi connectivity index (χ2n) is 2.00. The van der Waals surface area contributed by atoms with Crippen LogP contribution in [0.25, 0.3) is 0 Å². The molecule has 0 spiro atoms. The van der Waals surface area contributed by atoms with Crippen molar-refractivity contribution in [1.82, 2.24) is 0 Å². The molecule has 0 saturated heterocycles. The van der Waals surface area contributed by atoms with Gasteiger partial charge in [-0.3, -0.25) is 0 Å². The predicted octanol–water partition coefficient (Wildman–Crippen LogP) is -9.67. The van der Waals surface area contributed by atoms with Crippen LogP contribution in [0.2, 0.25) is 0 Å². The summed E-state index contributed by atoms with van der Waals surface area (Å²) in [5.74, 6) is 2.47. The Labute approximate surface area is 99.3 Å². The molecule has 0 bridgehead atoms. The topological polar surface area (TPSA) is 111 Å². The zero-order chi connectivity index (χ0) is 10.8. The van der Waals surface area contributed by atoms with Gasteiger partial charge in [0.05, 0.1) is 0 Å². The number of hydrogen-bond donors (Lipinski definition) is 0. The first-order valence-electron chi connectivity index (χ1n) is 3.52. The minimum Gasteiger partial charge on any atom is -0.396 e. The Kier molecular flexibility index (Phi) is 10.6. The fourth-order valence-electron chi connectivity index (χ4n) is 0.543. The van der Waals surface area contributed by atoms with Crippen LogP contribution in [0.1, 0.15) is 19.3 Å². The molecule has 8 heteroatoms. The molecule has 0 saturated carbocycles. The van der Waals surface area contributed by atoms with Gasteiger partial charge in [-0.05, 0) is 15.9 Å². The van der Waals surface area contributed by atoms with Gasteiger partial charge in [0.1, 0.15) is 6.61 Å². The highest BCUT2D eigenvalue weighted by Gasteiger charge is 2.09. The average molecular weight is 430 g/mol. The van der Waals surface area contributed by atoms with E-state index < -0.39 is 42.1 Å². The lowest BCUT2D eigenvalue weighted by molar-refractivity contribution is -1.63. The van der Waals surface area contributed by atoms with Crippen LogP contribution in [0.4, 0.5) is 0 Å². The molecule has 0 rings (SSSR count). The van der Waals surface area contributed by atoms with Crippen LogP contribution in [0.5, 0.6) is 0 Å². The van der Waals surface area contributed by atoms with Crippen LogP contribution in [0, 0.1) is 12.0 Å². The van der Waals surface area contributed by atoms with Gasteiger partial charge in [-0.2, -0.15) is 0 Å². The van der Waals surface area contributed by atoms with Gasteiger partial charge in [-0.1, -0.05) is 8.99 Å². The lowest BCUT2D eigenvalue weighted by Gasteiger charge is -1.91. The minimum absolute atomic E-state index is 0.169. The molecule has 0 atom stereocenters. The third-order valence-electron chi connectivity index (χ3n) is 1.04. The molecule has 0 unspecified atom stereocenters. The summed E-state index contributed by atoms with van der Waals surface area (Å²) >= 11 is -7.20. The van der Waals surface area contributed by atoms with Gasteiger partial charge in [0.25, 0.3) is 0 Å². The first-order valence-corrected chi connectivity index (χ1v) is 8.81. The summed E-state index contributed by atoms with van der Waals surface area (Å²) in [6, 6.07) is 0. The summed E-state index contributed by atoms with van der Waals surface area (Å²) in [7, 11) is 0. The predicted molar refractivity (Wildman–Crippen MR) is 28.7 cm³/mol. The highest BCUT2D eigenvalue weighted by atomic mass is 127. The van der Waals surface area contributed by atoms with E-state index in [-0.39, 0.29) is 6.61 Å².